The average Bonchev–Trinajstić information content (AvgIpc) is 2.83. The summed E-state index contributed by atoms with van der Waals surface area (Å²) in [7, 11) is 0. The number of anilines is 2. The highest BCUT2D eigenvalue weighted by atomic mass is 35.5. The Morgan fingerprint density at radius 1 is 0.943 bits per heavy atom. The predicted molar refractivity (Wildman–Crippen MR) is 136 cm³/mol. The van der Waals surface area contributed by atoms with Crippen molar-refractivity contribution in [3.8, 4) is 0 Å². The summed E-state index contributed by atoms with van der Waals surface area (Å²) >= 11 is 24.0. The summed E-state index contributed by atoms with van der Waals surface area (Å²) in [5.74, 6) is -3.28. The molecule has 1 saturated heterocycles. The molecular weight excluding hydrogens is 542 g/mol. The molecule has 2 N–H and O–H groups in total. The molecule has 35 heavy (non-hydrogen) atoms. The van der Waals surface area contributed by atoms with E-state index < -0.39 is 17.7 Å². The molecule has 1 heterocycles. The number of carbonyl (C=O) groups excluding carboxylic acids is 3. The number of benzene rings is 2. The van der Waals surface area contributed by atoms with Crippen molar-refractivity contribution in [2.24, 2.45) is 11.1 Å². The number of nitrogens with zero attached hydrogens (tertiary/aromatic N) is 2. The maximum Gasteiger partial charge on any atom is 0.263 e. The van der Waals surface area contributed by atoms with Crippen molar-refractivity contribution in [2.75, 3.05) is 43.5 Å². The van der Waals surface area contributed by atoms with Gasteiger partial charge in [0.15, 0.2) is 12.5 Å². The van der Waals surface area contributed by atoms with E-state index in [2.05, 4.69) is 15.8 Å². The standard InChI is InChI=1S/C22H20Cl4N4O5/c23-13-1-3-18(16(25)9-13)28-21(32)15(22(33)29-19-4-2-14(24)10-17(19)26)11-27-35-12-20(31)30-5-7-34-8-6-30/h1-4,9-11,15H,5-8,12H2,(H,28,32)(H,29,33)/b27-11-. The van der Waals surface area contributed by atoms with E-state index in [0.717, 1.165) is 6.21 Å². The number of amides is 3. The van der Waals surface area contributed by atoms with Crippen molar-refractivity contribution in [3.63, 3.8) is 0 Å². The van der Waals surface area contributed by atoms with Crippen LogP contribution in [0.25, 0.3) is 0 Å². The highest BCUT2D eigenvalue weighted by Gasteiger charge is 2.27. The van der Waals surface area contributed by atoms with Crippen LogP contribution in [0.4, 0.5) is 11.4 Å². The Hall–Kier alpha value is -2.56. The number of carbonyl (C=O) groups is 3. The van der Waals surface area contributed by atoms with E-state index in [4.69, 9.17) is 56.0 Å². The topological polar surface area (TPSA) is 109 Å². The van der Waals surface area contributed by atoms with Crippen LogP contribution < -0.4 is 10.6 Å². The first-order valence-electron chi connectivity index (χ1n) is 10.3. The lowest BCUT2D eigenvalue weighted by molar-refractivity contribution is -0.140. The number of oxime groups is 1. The number of halogens is 4. The molecule has 186 valence electrons. The average molecular weight is 562 g/mol. The number of nitrogens with one attached hydrogen (secondary N) is 2. The molecule has 0 radical (unpaired) electrons. The lowest BCUT2D eigenvalue weighted by Crippen LogP contribution is -2.42. The molecule has 1 fully saturated rings. The summed E-state index contributed by atoms with van der Waals surface area (Å²) < 4.78 is 5.20. The van der Waals surface area contributed by atoms with Gasteiger partial charge in [-0.05, 0) is 36.4 Å². The molecule has 3 amide bonds. The summed E-state index contributed by atoms with van der Waals surface area (Å²) in [6.07, 6.45) is 0.977. The van der Waals surface area contributed by atoms with E-state index >= 15 is 0 Å². The van der Waals surface area contributed by atoms with Gasteiger partial charge in [0.2, 0.25) is 11.8 Å². The molecule has 0 bridgehead atoms. The minimum absolute atomic E-state index is 0.176. The molecule has 2 aromatic carbocycles. The van der Waals surface area contributed by atoms with Crippen LogP contribution in [-0.2, 0) is 24.0 Å². The third kappa shape index (κ3) is 7.98. The lowest BCUT2D eigenvalue weighted by Gasteiger charge is -2.26. The minimum Gasteiger partial charge on any atom is -0.386 e. The molecule has 13 heteroatoms. The molecule has 3 rings (SSSR count). The molecule has 0 atom stereocenters. The van der Waals surface area contributed by atoms with Gasteiger partial charge in [-0.2, -0.15) is 0 Å². The zero-order chi connectivity index (χ0) is 25.4. The molecule has 0 unspecified atom stereocenters. The summed E-state index contributed by atoms with van der Waals surface area (Å²) in [6, 6.07) is 8.91. The molecule has 0 aliphatic carbocycles. The Bertz CT molecular complexity index is 1060. The van der Waals surface area contributed by atoms with Gasteiger partial charge < -0.3 is 25.1 Å². The van der Waals surface area contributed by atoms with Gasteiger partial charge in [-0.3, -0.25) is 14.4 Å². The van der Waals surface area contributed by atoms with Crippen molar-refractivity contribution in [3.05, 3.63) is 56.5 Å². The Morgan fingerprint density at radius 2 is 1.46 bits per heavy atom. The number of hydrogen-bond donors (Lipinski definition) is 2. The maximum absolute atomic E-state index is 12.9. The highest BCUT2D eigenvalue weighted by Crippen LogP contribution is 2.27. The number of morpholine rings is 1. The zero-order valence-electron chi connectivity index (χ0n) is 18.1. The van der Waals surface area contributed by atoms with Crippen LogP contribution in [0, 0.1) is 5.92 Å². The van der Waals surface area contributed by atoms with E-state index in [1.54, 1.807) is 4.90 Å². The molecule has 0 spiro atoms. The first-order valence-corrected chi connectivity index (χ1v) is 11.8. The van der Waals surface area contributed by atoms with Gasteiger partial charge in [0.1, 0.15) is 0 Å². The van der Waals surface area contributed by atoms with Crippen molar-refractivity contribution in [1.82, 2.24) is 4.90 Å². The Kier molecular flexibility index (Phi) is 10.00. The summed E-state index contributed by atoms with van der Waals surface area (Å²) in [4.78, 5) is 44.7. The van der Waals surface area contributed by atoms with Crippen LogP contribution in [0.5, 0.6) is 0 Å². The van der Waals surface area contributed by atoms with Gasteiger partial charge in [0.05, 0.1) is 40.8 Å². The second-order valence-electron chi connectivity index (χ2n) is 7.23. The van der Waals surface area contributed by atoms with Crippen LogP contribution in [0.3, 0.4) is 0 Å². The fraction of sp³-hybridized carbons (Fsp3) is 0.273. The lowest BCUT2D eigenvalue weighted by atomic mass is 10.1. The third-order valence-electron chi connectivity index (χ3n) is 4.78. The van der Waals surface area contributed by atoms with E-state index in [1.165, 1.54) is 36.4 Å². The van der Waals surface area contributed by atoms with E-state index in [9.17, 15) is 14.4 Å². The van der Waals surface area contributed by atoms with Gasteiger partial charge in [0, 0.05) is 23.1 Å². The van der Waals surface area contributed by atoms with Crippen LogP contribution in [0.1, 0.15) is 0 Å². The first kappa shape index (κ1) is 27.0. The van der Waals surface area contributed by atoms with Crippen molar-refractivity contribution >= 4 is 81.7 Å². The van der Waals surface area contributed by atoms with Gasteiger partial charge in [-0.1, -0.05) is 51.6 Å². The molecule has 1 aliphatic rings. The van der Waals surface area contributed by atoms with Crippen LogP contribution in [0.15, 0.2) is 41.6 Å². The molecule has 0 saturated carbocycles. The van der Waals surface area contributed by atoms with Gasteiger partial charge >= 0.3 is 0 Å². The van der Waals surface area contributed by atoms with Crippen LogP contribution in [0.2, 0.25) is 20.1 Å². The highest BCUT2D eigenvalue weighted by molar-refractivity contribution is 6.38. The second kappa shape index (κ2) is 12.9. The van der Waals surface area contributed by atoms with E-state index in [1.807, 2.05) is 0 Å². The Morgan fingerprint density at radius 3 is 1.94 bits per heavy atom. The van der Waals surface area contributed by atoms with Crippen molar-refractivity contribution in [1.29, 1.82) is 0 Å². The van der Waals surface area contributed by atoms with Gasteiger partial charge in [-0.15, -0.1) is 0 Å². The monoisotopic (exact) mass is 560 g/mol. The summed E-state index contributed by atoms with van der Waals surface area (Å²) in [5.41, 5.74) is 0.473. The second-order valence-corrected chi connectivity index (χ2v) is 8.91. The summed E-state index contributed by atoms with van der Waals surface area (Å²) in [6.45, 7) is 1.42. The predicted octanol–water partition coefficient (Wildman–Crippen LogP) is 4.35. The van der Waals surface area contributed by atoms with Crippen molar-refractivity contribution in [2.45, 2.75) is 0 Å². The Labute approximate surface area is 221 Å². The fourth-order valence-electron chi connectivity index (χ4n) is 2.96. The smallest absolute Gasteiger partial charge is 0.263 e. The number of rotatable bonds is 8. The quantitative estimate of drug-likeness (QED) is 0.283. The number of hydrogen-bond acceptors (Lipinski definition) is 6. The normalized spacial score (nSPS) is 13.7. The van der Waals surface area contributed by atoms with Crippen LogP contribution in [-0.4, -0.2) is 61.7 Å². The molecule has 9 nitrogen and oxygen atoms in total. The minimum atomic E-state index is -1.47. The fourth-order valence-corrected chi connectivity index (χ4v) is 3.87. The zero-order valence-corrected chi connectivity index (χ0v) is 21.1. The molecule has 1 aliphatic heterocycles. The first-order chi connectivity index (χ1) is 16.7. The number of ether oxygens (including phenoxy) is 1. The largest absolute Gasteiger partial charge is 0.386 e. The van der Waals surface area contributed by atoms with E-state index in [0.29, 0.717) is 36.3 Å². The van der Waals surface area contributed by atoms with E-state index in [-0.39, 0.29) is 33.9 Å². The molecular formula is C22H20Cl4N4O5. The van der Waals surface area contributed by atoms with Gasteiger partial charge in [-0.25, -0.2) is 0 Å². The maximum atomic E-state index is 12.9. The Balaban J connectivity index is 1.71. The van der Waals surface area contributed by atoms with Gasteiger partial charge in [0.25, 0.3) is 5.91 Å². The van der Waals surface area contributed by atoms with Crippen molar-refractivity contribution < 1.29 is 24.0 Å². The SMILES string of the molecule is O=C(Nc1ccc(Cl)cc1Cl)C(/C=N\OCC(=O)N1CCOCC1)C(=O)Nc1ccc(Cl)cc1Cl. The summed E-state index contributed by atoms with van der Waals surface area (Å²) in [5, 5.41) is 9.87. The molecule has 2 aromatic rings. The van der Waals surface area contributed by atoms with Crippen LogP contribution >= 0.6 is 46.4 Å². The third-order valence-corrected chi connectivity index (χ3v) is 5.87. The molecule has 0 aromatic heterocycles.